The maximum absolute atomic E-state index is 12.0. The van der Waals surface area contributed by atoms with Crippen molar-refractivity contribution in [2.45, 2.75) is 4.34 Å². The third-order valence-corrected chi connectivity index (χ3v) is 6.11. The number of benzene rings is 2. The minimum atomic E-state index is -3.33. The highest BCUT2D eigenvalue weighted by atomic mass is 35.5. The molecule has 0 aliphatic heterocycles. The molecule has 0 aliphatic carbocycles. The maximum atomic E-state index is 12.0. The van der Waals surface area contributed by atoms with Crippen molar-refractivity contribution in [2.24, 2.45) is 0 Å². The molecule has 0 fully saturated rings. The number of thioether (sulfide) groups is 1. The first-order chi connectivity index (χ1) is 12.3. The molecule has 1 aromatic heterocycles. The fourth-order valence-corrected chi connectivity index (χ4v) is 4.79. The molecule has 6 nitrogen and oxygen atoms in total. The van der Waals surface area contributed by atoms with Crippen molar-refractivity contribution >= 4 is 72.2 Å². The zero-order valence-corrected chi connectivity index (χ0v) is 16.7. The number of hydrogen-bond acceptors (Lipinski definition) is 6. The second-order valence-corrected chi connectivity index (χ2v) is 9.82. The molecule has 1 heterocycles. The highest BCUT2D eigenvalue weighted by Gasteiger charge is 2.10. The molecular weight excluding hydrogens is 414 g/mol. The first kappa shape index (κ1) is 19.0. The molecule has 0 radical (unpaired) electrons. The lowest BCUT2D eigenvalue weighted by atomic mass is 10.3. The average Bonchev–Trinajstić information content (AvgIpc) is 2.93. The number of nitrogens with zero attached hydrogens (tertiary/aromatic N) is 1. The van der Waals surface area contributed by atoms with Gasteiger partial charge in [0.2, 0.25) is 15.9 Å². The standard InChI is InChI=1S/C16H14ClN3O3S3/c1-26(22,23)20-12-5-6-13-14(8-12)25-16(19-13)24-9-15(21)18-11-4-2-3-10(17)7-11/h2-8,20H,9H2,1H3,(H,18,21). The fourth-order valence-electron chi connectivity index (χ4n) is 2.13. The van der Waals surface area contributed by atoms with Crippen molar-refractivity contribution < 1.29 is 13.2 Å². The minimum absolute atomic E-state index is 0.157. The number of anilines is 2. The van der Waals surface area contributed by atoms with Crippen molar-refractivity contribution in [1.82, 2.24) is 4.98 Å². The largest absolute Gasteiger partial charge is 0.325 e. The van der Waals surface area contributed by atoms with Gasteiger partial charge in [-0.15, -0.1) is 11.3 Å². The second kappa shape index (κ2) is 7.83. The van der Waals surface area contributed by atoms with Crippen LogP contribution in [0.1, 0.15) is 0 Å². The number of aromatic nitrogens is 1. The number of rotatable bonds is 6. The lowest BCUT2D eigenvalue weighted by molar-refractivity contribution is -0.113. The van der Waals surface area contributed by atoms with Gasteiger partial charge in [0.25, 0.3) is 0 Å². The van der Waals surface area contributed by atoms with Gasteiger partial charge >= 0.3 is 0 Å². The van der Waals surface area contributed by atoms with Crippen LogP contribution in [0.5, 0.6) is 0 Å². The van der Waals surface area contributed by atoms with Crippen molar-refractivity contribution in [3.8, 4) is 0 Å². The van der Waals surface area contributed by atoms with Crippen LogP contribution in [0.4, 0.5) is 11.4 Å². The van der Waals surface area contributed by atoms with Crippen LogP contribution in [0.2, 0.25) is 5.02 Å². The normalized spacial score (nSPS) is 11.5. The third kappa shape index (κ3) is 5.34. The molecule has 1 amide bonds. The van der Waals surface area contributed by atoms with Gasteiger partial charge in [-0.2, -0.15) is 0 Å². The predicted molar refractivity (Wildman–Crippen MR) is 109 cm³/mol. The molecular formula is C16H14ClN3O3S3. The van der Waals surface area contributed by atoms with Gasteiger partial charge in [0.05, 0.1) is 27.9 Å². The average molecular weight is 428 g/mol. The van der Waals surface area contributed by atoms with E-state index in [1.807, 2.05) is 0 Å². The van der Waals surface area contributed by atoms with Gasteiger partial charge in [-0.05, 0) is 36.4 Å². The van der Waals surface area contributed by atoms with E-state index in [-0.39, 0.29) is 11.7 Å². The second-order valence-electron chi connectivity index (χ2n) is 5.38. The Balaban J connectivity index is 1.64. The molecule has 0 saturated heterocycles. The molecule has 26 heavy (non-hydrogen) atoms. The maximum Gasteiger partial charge on any atom is 0.234 e. The van der Waals surface area contributed by atoms with E-state index >= 15 is 0 Å². The number of fused-ring (bicyclic) bond motifs is 1. The van der Waals surface area contributed by atoms with Gasteiger partial charge < -0.3 is 5.32 Å². The molecule has 0 aliphatic rings. The van der Waals surface area contributed by atoms with Crippen LogP contribution in [0.25, 0.3) is 10.2 Å². The lowest BCUT2D eigenvalue weighted by Gasteiger charge is -2.04. The molecule has 0 bridgehead atoms. The summed E-state index contributed by atoms with van der Waals surface area (Å²) in [6.07, 6.45) is 1.10. The number of halogens is 1. The van der Waals surface area contributed by atoms with Gasteiger partial charge in [0.1, 0.15) is 0 Å². The highest BCUT2D eigenvalue weighted by molar-refractivity contribution is 8.01. The molecule has 2 N–H and O–H groups in total. The van der Waals surface area contributed by atoms with Gasteiger partial charge in [-0.3, -0.25) is 9.52 Å². The van der Waals surface area contributed by atoms with E-state index in [1.54, 1.807) is 42.5 Å². The van der Waals surface area contributed by atoms with Crippen LogP contribution in [-0.2, 0) is 14.8 Å². The molecule has 2 aromatic carbocycles. The Hall–Kier alpha value is -1.81. The van der Waals surface area contributed by atoms with Crippen LogP contribution < -0.4 is 10.0 Å². The fraction of sp³-hybridized carbons (Fsp3) is 0.125. The molecule has 0 spiro atoms. The summed E-state index contributed by atoms with van der Waals surface area (Å²) in [6.45, 7) is 0. The Labute approximate surface area is 164 Å². The van der Waals surface area contributed by atoms with Gasteiger partial charge in [-0.1, -0.05) is 29.4 Å². The van der Waals surface area contributed by atoms with Crippen molar-refractivity contribution in [3.05, 3.63) is 47.5 Å². The monoisotopic (exact) mass is 427 g/mol. The predicted octanol–water partition coefficient (Wildman–Crippen LogP) is 4.05. The molecule has 136 valence electrons. The zero-order chi connectivity index (χ0) is 18.7. The van der Waals surface area contributed by atoms with Crippen molar-refractivity contribution in [2.75, 3.05) is 22.0 Å². The highest BCUT2D eigenvalue weighted by Crippen LogP contribution is 2.31. The smallest absolute Gasteiger partial charge is 0.234 e. The van der Waals surface area contributed by atoms with E-state index in [1.165, 1.54) is 23.1 Å². The lowest BCUT2D eigenvalue weighted by Crippen LogP contribution is -2.13. The molecule has 0 atom stereocenters. The summed E-state index contributed by atoms with van der Waals surface area (Å²) >= 11 is 8.62. The first-order valence-electron chi connectivity index (χ1n) is 7.35. The quantitative estimate of drug-likeness (QED) is 0.579. The number of carbonyl (C=O) groups is 1. The summed E-state index contributed by atoms with van der Waals surface area (Å²) in [5.41, 5.74) is 1.88. The Morgan fingerprint density at radius 2 is 2.04 bits per heavy atom. The van der Waals surface area contributed by atoms with E-state index in [2.05, 4.69) is 15.0 Å². The minimum Gasteiger partial charge on any atom is -0.325 e. The molecule has 0 saturated carbocycles. The topological polar surface area (TPSA) is 88.2 Å². The van der Waals surface area contributed by atoms with Crippen molar-refractivity contribution in [1.29, 1.82) is 0 Å². The first-order valence-corrected chi connectivity index (χ1v) is 11.4. The summed E-state index contributed by atoms with van der Waals surface area (Å²) in [4.78, 5) is 16.5. The van der Waals surface area contributed by atoms with Gasteiger partial charge in [-0.25, -0.2) is 13.4 Å². The number of hydrogen-bond donors (Lipinski definition) is 2. The third-order valence-electron chi connectivity index (χ3n) is 3.11. The molecule has 3 aromatic rings. The Morgan fingerprint density at radius 3 is 2.77 bits per heavy atom. The SMILES string of the molecule is CS(=O)(=O)Nc1ccc2nc(SCC(=O)Nc3cccc(Cl)c3)sc2c1. The van der Waals surface area contributed by atoms with Crippen LogP contribution in [-0.4, -0.2) is 31.3 Å². The number of nitrogens with one attached hydrogen (secondary N) is 2. The van der Waals surface area contributed by atoms with Gasteiger partial charge in [0, 0.05) is 10.7 Å². The summed E-state index contributed by atoms with van der Waals surface area (Å²) in [5.74, 6) is 0.0526. The van der Waals surface area contributed by atoms with Crippen LogP contribution >= 0.6 is 34.7 Å². The van der Waals surface area contributed by atoms with Crippen LogP contribution in [0.3, 0.4) is 0 Å². The van der Waals surface area contributed by atoms with E-state index in [0.717, 1.165) is 20.8 Å². The number of thiazole rings is 1. The summed E-state index contributed by atoms with van der Waals surface area (Å²) in [6, 6.07) is 12.1. The van der Waals surface area contributed by atoms with E-state index in [0.29, 0.717) is 16.4 Å². The zero-order valence-electron chi connectivity index (χ0n) is 13.5. The van der Waals surface area contributed by atoms with Gasteiger partial charge in [0.15, 0.2) is 4.34 Å². The summed E-state index contributed by atoms with van der Waals surface area (Å²) in [7, 11) is -3.33. The van der Waals surface area contributed by atoms with Crippen LogP contribution in [0, 0.1) is 0 Å². The van der Waals surface area contributed by atoms with E-state index < -0.39 is 10.0 Å². The van der Waals surface area contributed by atoms with Crippen LogP contribution in [0.15, 0.2) is 46.8 Å². The number of amides is 1. The van der Waals surface area contributed by atoms with E-state index in [9.17, 15) is 13.2 Å². The number of sulfonamides is 1. The van der Waals surface area contributed by atoms with E-state index in [4.69, 9.17) is 11.6 Å². The summed E-state index contributed by atoms with van der Waals surface area (Å²) < 4.78 is 26.6. The Bertz CT molecular complexity index is 1070. The Kier molecular flexibility index (Phi) is 5.71. The molecule has 0 unspecified atom stereocenters. The Morgan fingerprint density at radius 1 is 1.23 bits per heavy atom. The molecule has 3 rings (SSSR count). The van der Waals surface area contributed by atoms with Crippen molar-refractivity contribution in [3.63, 3.8) is 0 Å². The molecule has 10 heteroatoms. The summed E-state index contributed by atoms with van der Waals surface area (Å²) in [5, 5.41) is 3.33. The number of carbonyl (C=O) groups excluding carboxylic acids is 1.